The van der Waals surface area contributed by atoms with E-state index in [1.54, 1.807) is 4.90 Å². The molecule has 0 radical (unpaired) electrons. The molecule has 7 heteroatoms. The summed E-state index contributed by atoms with van der Waals surface area (Å²) in [5, 5.41) is 0.880. The van der Waals surface area contributed by atoms with Crippen LogP contribution in [-0.4, -0.2) is 23.4 Å². The average molecular weight is 402 g/mol. The van der Waals surface area contributed by atoms with Crippen molar-refractivity contribution in [2.24, 2.45) is 5.92 Å². The van der Waals surface area contributed by atoms with Crippen molar-refractivity contribution in [1.82, 2.24) is 4.98 Å². The SMILES string of the molecule is FC(F)(F)c1cc(Br)cnc1N1CCC(CCBr)C1. The Morgan fingerprint density at radius 3 is 2.79 bits per heavy atom. The molecule has 2 rings (SSSR count). The Morgan fingerprint density at radius 1 is 1.42 bits per heavy atom. The van der Waals surface area contributed by atoms with Crippen molar-refractivity contribution in [2.45, 2.75) is 19.0 Å². The van der Waals surface area contributed by atoms with E-state index in [2.05, 4.69) is 36.8 Å². The van der Waals surface area contributed by atoms with Gasteiger partial charge in [0.1, 0.15) is 5.82 Å². The summed E-state index contributed by atoms with van der Waals surface area (Å²) in [5.74, 6) is 0.485. The normalized spacial score (nSPS) is 20.1. The number of nitrogens with zero attached hydrogens (tertiary/aromatic N) is 2. The highest BCUT2D eigenvalue weighted by molar-refractivity contribution is 9.10. The lowest BCUT2D eigenvalue weighted by Gasteiger charge is -2.22. The minimum atomic E-state index is -4.38. The molecular weight excluding hydrogens is 389 g/mol. The molecule has 19 heavy (non-hydrogen) atoms. The Hall–Kier alpha value is -0.300. The van der Waals surface area contributed by atoms with Crippen LogP contribution < -0.4 is 4.90 Å². The summed E-state index contributed by atoms with van der Waals surface area (Å²) >= 11 is 6.42. The maximum Gasteiger partial charge on any atom is 0.419 e. The molecule has 0 amide bonds. The lowest BCUT2D eigenvalue weighted by Crippen LogP contribution is -2.24. The van der Waals surface area contributed by atoms with Gasteiger partial charge in [-0.05, 0) is 40.8 Å². The van der Waals surface area contributed by atoms with Crippen LogP contribution in [0, 0.1) is 5.92 Å². The molecule has 0 aliphatic carbocycles. The smallest absolute Gasteiger partial charge is 0.356 e. The topological polar surface area (TPSA) is 16.1 Å². The summed E-state index contributed by atoms with van der Waals surface area (Å²) in [5.41, 5.74) is -0.665. The summed E-state index contributed by atoms with van der Waals surface area (Å²) in [4.78, 5) is 5.71. The lowest BCUT2D eigenvalue weighted by atomic mass is 10.1. The fraction of sp³-hybridized carbons (Fsp3) is 0.583. The van der Waals surface area contributed by atoms with E-state index in [0.717, 1.165) is 24.2 Å². The van der Waals surface area contributed by atoms with E-state index in [1.807, 2.05) is 0 Å². The number of pyridine rings is 1. The van der Waals surface area contributed by atoms with E-state index in [0.29, 0.717) is 23.5 Å². The van der Waals surface area contributed by atoms with Crippen LogP contribution >= 0.6 is 31.9 Å². The number of aromatic nitrogens is 1. The second-order valence-electron chi connectivity index (χ2n) is 4.60. The van der Waals surface area contributed by atoms with Gasteiger partial charge in [-0.25, -0.2) is 4.98 Å². The zero-order chi connectivity index (χ0) is 14.0. The molecule has 1 aliphatic heterocycles. The van der Waals surface area contributed by atoms with Crippen LogP contribution in [0.4, 0.5) is 19.0 Å². The summed E-state index contributed by atoms with van der Waals surface area (Å²) in [6.07, 6.45) is -1.06. The molecule has 1 saturated heterocycles. The predicted molar refractivity (Wildman–Crippen MR) is 75.7 cm³/mol. The quantitative estimate of drug-likeness (QED) is 0.694. The first kappa shape index (κ1) is 15.1. The molecule has 0 spiro atoms. The van der Waals surface area contributed by atoms with Gasteiger partial charge in [-0.2, -0.15) is 13.2 Å². The zero-order valence-electron chi connectivity index (χ0n) is 10.1. The van der Waals surface area contributed by atoms with Crippen molar-refractivity contribution in [2.75, 3.05) is 23.3 Å². The third kappa shape index (κ3) is 3.62. The van der Waals surface area contributed by atoms with Crippen LogP contribution in [0.2, 0.25) is 0 Å². The zero-order valence-corrected chi connectivity index (χ0v) is 13.2. The number of rotatable bonds is 3. The van der Waals surface area contributed by atoms with E-state index in [4.69, 9.17) is 0 Å². The maximum absolute atomic E-state index is 13.0. The van der Waals surface area contributed by atoms with Gasteiger partial charge in [0.15, 0.2) is 0 Å². The summed E-state index contributed by atoms with van der Waals surface area (Å²) in [7, 11) is 0. The molecule has 0 saturated carbocycles. The third-order valence-electron chi connectivity index (χ3n) is 3.24. The summed E-state index contributed by atoms with van der Waals surface area (Å²) < 4.78 is 39.4. The second-order valence-corrected chi connectivity index (χ2v) is 6.31. The van der Waals surface area contributed by atoms with Gasteiger partial charge in [-0.1, -0.05) is 15.9 Å². The average Bonchev–Trinajstić information content (AvgIpc) is 2.77. The Balaban J connectivity index is 2.26. The molecular formula is C12H13Br2F3N2. The monoisotopic (exact) mass is 400 g/mol. The molecule has 2 heterocycles. The molecule has 0 N–H and O–H groups in total. The number of hydrogen-bond acceptors (Lipinski definition) is 2. The van der Waals surface area contributed by atoms with Gasteiger partial charge in [0.2, 0.25) is 0 Å². The van der Waals surface area contributed by atoms with E-state index in [9.17, 15) is 13.2 Å². The molecule has 1 unspecified atom stereocenters. The van der Waals surface area contributed by atoms with Gasteiger partial charge in [0, 0.05) is 29.1 Å². The third-order valence-corrected chi connectivity index (χ3v) is 4.13. The van der Waals surface area contributed by atoms with E-state index in [1.165, 1.54) is 6.20 Å². The van der Waals surface area contributed by atoms with Crippen LogP contribution in [0.3, 0.4) is 0 Å². The maximum atomic E-state index is 13.0. The molecule has 1 aromatic rings. The fourth-order valence-corrected chi connectivity index (χ4v) is 3.29. The largest absolute Gasteiger partial charge is 0.419 e. The summed E-state index contributed by atoms with van der Waals surface area (Å²) in [6, 6.07) is 1.10. The second kappa shape index (κ2) is 5.99. The number of hydrogen-bond donors (Lipinski definition) is 0. The van der Waals surface area contributed by atoms with Gasteiger partial charge >= 0.3 is 6.18 Å². The number of halogens is 5. The Kier molecular flexibility index (Phi) is 4.76. The van der Waals surface area contributed by atoms with E-state index in [-0.39, 0.29) is 5.82 Å². The molecule has 0 aromatic carbocycles. The van der Waals surface area contributed by atoms with Gasteiger partial charge in [0.05, 0.1) is 5.56 Å². The Morgan fingerprint density at radius 2 is 2.16 bits per heavy atom. The highest BCUT2D eigenvalue weighted by atomic mass is 79.9. The standard InChI is InChI=1S/C12H13Br2F3N2/c13-3-1-8-2-4-19(7-8)11-10(12(15,16)17)5-9(14)6-18-11/h5-6,8H,1-4,7H2. The summed E-state index contributed by atoms with van der Waals surface area (Å²) in [6.45, 7) is 1.28. The molecule has 2 nitrogen and oxygen atoms in total. The minimum Gasteiger partial charge on any atom is -0.356 e. The Bertz CT molecular complexity index is 451. The molecule has 1 fully saturated rings. The van der Waals surface area contributed by atoms with E-state index < -0.39 is 11.7 Å². The molecule has 1 aliphatic rings. The van der Waals surface area contributed by atoms with Crippen LogP contribution in [-0.2, 0) is 6.18 Å². The van der Waals surface area contributed by atoms with Gasteiger partial charge < -0.3 is 4.90 Å². The van der Waals surface area contributed by atoms with Crippen LogP contribution in [0.1, 0.15) is 18.4 Å². The first-order chi connectivity index (χ1) is 8.91. The van der Waals surface area contributed by atoms with Crippen molar-refractivity contribution >= 4 is 37.7 Å². The highest BCUT2D eigenvalue weighted by Gasteiger charge is 2.37. The van der Waals surface area contributed by atoms with Gasteiger partial charge in [-0.15, -0.1) is 0 Å². The van der Waals surface area contributed by atoms with Gasteiger partial charge in [-0.3, -0.25) is 0 Å². The molecule has 106 valence electrons. The van der Waals surface area contributed by atoms with Crippen LogP contribution in [0.25, 0.3) is 0 Å². The van der Waals surface area contributed by atoms with Crippen molar-refractivity contribution in [3.63, 3.8) is 0 Å². The minimum absolute atomic E-state index is 0.0489. The molecule has 0 bridgehead atoms. The van der Waals surface area contributed by atoms with Crippen molar-refractivity contribution in [1.29, 1.82) is 0 Å². The molecule has 1 atom stereocenters. The highest BCUT2D eigenvalue weighted by Crippen LogP contribution is 2.38. The van der Waals surface area contributed by atoms with Crippen molar-refractivity contribution in [3.05, 3.63) is 22.3 Å². The number of alkyl halides is 4. The van der Waals surface area contributed by atoms with Crippen LogP contribution in [0.15, 0.2) is 16.7 Å². The predicted octanol–water partition coefficient (Wildman–Crippen LogP) is 4.47. The lowest BCUT2D eigenvalue weighted by molar-refractivity contribution is -0.137. The first-order valence-electron chi connectivity index (χ1n) is 5.95. The van der Waals surface area contributed by atoms with Crippen LogP contribution in [0.5, 0.6) is 0 Å². The molecule has 1 aromatic heterocycles. The van der Waals surface area contributed by atoms with Gasteiger partial charge in [0.25, 0.3) is 0 Å². The van der Waals surface area contributed by atoms with Crippen molar-refractivity contribution < 1.29 is 13.2 Å². The fourth-order valence-electron chi connectivity index (χ4n) is 2.31. The first-order valence-corrected chi connectivity index (χ1v) is 7.87. The Labute approximate surface area is 126 Å². The van der Waals surface area contributed by atoms with Crippen molar-refractivity contribution in [3.8, 4) is 0 Å². The number of anilines is 1. The van der Waals surface area contributed by atoms with E-state index >= 15 is 0 Å².